The van der Waals surface area contributed by atoms with E-state index in [0.29, 0.717) is 4.90 Å². The van der Waals surface area contributed by atoms with Gasteiger partial charge in [0.05, 0.1) is 34.5 Å². The third-order valence-electron chi connectivity index (χ3n) is 10.9. The van der Waals surface area contributed by atoms with Gasteiger partial charge in [0.15, 0.2) is 38.7 Å². The van der Waals surface area contributed by atoms with Gasteiger partial charge in [-0.2, -0.15) is 0 Å². The molecule has 2 saturated heterocycles. The number of phenols is 1. The van der Waals surface area contributed by atoms with Crippen LogP contribution in [0.3, 0.4) is 0 Å². The predicted molar refractivity (Wildman–Crippen MR) is 188 cm³/mol. The van der Waals surface area contributed by atoms with Crippen LogP contribution >= 0.6 is 23.2 Å². The zero-order valence-corrected chi connectivity index (χ0v) is 30.7. The molecule has 6 atom stereocenters. The number of halogens is 7. The number of anilines is 3. The van der Waals surface area contributed by atoms with Crippen LogP contribution in [0.25, 0.3) is 0 Å². The van der Waals surface area contributed by atoms with Crippen molar-refractivity contribution in [2.24, 2.45) is 17.8 Å². The van der Waals surface area contributed by atoms with Crippen molar-refractivity contribution >= 4 is 75.3 Å². The molecule has 2 aliphatic heterocycles. The van der Waals surface area contributed by atoms with Crippen molar-refractivity contribution in [2.75, 3.05) is 35.9 Å². The van der Waals surface area contributed by atoms with Gasteiger partial charge in [-0.3, -0.25) is 39.4 Å². The minimum atomic E-state index is -2.89. The first-order chi connectivity index (χ1) is 26.6. The second-order valence-electron chi connectivity index (χ2n) is 13.9. The molecule has 22 heteroatoms. The van der Waals surface area contributed by atoms with Gasteiger partial charge in [0.1, 0.15) is 17.2 Å². The molecule has 57 heavy (non-hydrogen) atoms. The number of nitro groups is 2. The number of aromatic hydroxyl groups is 1. The van der Waals surface area contributed by atoms with Gasteiger partial charge in [-0.1, -0.05) is 17.7 Å². The molecule has 3 aromatic carbocycles. The molecular weight excluding hydrogens is 816 g/mol. The molecule has 1 N–H and O–H groups in total. The maximum absolute atomic E-state index is 15.3. The number of carbonyl (C=O) groups is 4. The van der Waals surface area contributed by atoms with Crippen molar-refractivity contribution in [1.82, 2.24) is 0 Å². The topological polar surface area (TPSA) is 194 Å². The number of ether oxygens (including phenoxy) is 1. The molecule has 0 aromatic heterocycles. The fraction of sp³-hybridized carbons (Fsp3) is 0.314. The predicted octanol–water partition coefficient (Wildman–Crippen LogP) is 5.75. The number of alkyl halides is 2. The van der Waals surface area contributed by atoms with E-state index >= 15 is 8.78 Å². The van der Waals surface area contributed by atoms with E-state index in [1.165, 1.54) is 26.2 Å². The SMILES string of the molecule is COc1cc(O)ccc1[C@H]1C2=CC[C@@H]3C(=O)N(c4cc([N+](=O)[O-])c(N(C)C)c([N+](=O)[O-])c4)C(=O)[C@@H]3[C@@H]2C[C@@]2(Cl)C(=O)N(c3c(F)c(F)c(F)c(F)c3F)C(=O)[C@@]12Cl. The Morgan fingerprint density at radius 1 is 0.842 bits per heavy atom. The molecule has 0 unspecified atom stereocenters. The number of nitrogens with zero attached hydrogens (tertiary/aromatic N) is 5. The smallest absolute Gasteiger partial charge is 0.301 e. The Balaban J connectivity index is 1.43. The minimum Gasteiger partial charge on any atom is -0.508 e. The summed E-state index contributed by atoms with van der Waals surface area (Å²) in [7, 11) is 3.73. The Kier molecular flexibility index (Phi) is 9.03. The molecule has 298 valence electrons. The fourth-order valence-electron chi connectivity index (χ4n) is 8.56. The van der Waals surface area contributed by atoms with E-state index in [1.807, 2.05) is 0 Å². The first-order valence-electron chi connectivity index (χ1n) is 16.5. The largest absolute Gasteiger partial charge is 0.508 e. The third kappa shape index (κ3) is 5.15. The van der Waals surface area contributed by atoms with Crippen molar-refractivity contribution in [3.8, 4) is 11.5 Å². The monoisotopic (exact) mass is 839 g/mol. The first kappa shape index (κ1) is 39.3. The van der Waals surface area contributed by atoms with E-state index in [9.17, 15) is 57.7 Å². The molecule has 3 fully saturated rings. The molecule has 2 heterocycles. The van der Waals surface area contributed by atoms with Crippen LogP contribution in [0, 0.1) is 67.1 Å². The van der Waals surface area contributed by atoms with Gasteiger partial charge >= 0.3 is 11.4 Å². The standard InChI is InChI=1S/C35H24Cl2F5N5O10/c1-43(2)28-18(46(53)54)8-12(9-19(28)47(55)56)44-30(49)16-7-6-14-17(21(16)31(44)50)11-34(36)32(51)45(29-26(41)24(39)23(38)25(40)27(29)42)33(52)35(34,37)22(14)15-5-4-13(48)10-20(15)57-3/h4-6,8-10,16-17,21-22,48H,7,11H2,1-3H3/t16-,17+,21-,22+,34+,35-/m0/s1. The van der Waals surface area contributed by atoms with E-state index < -0.39 is 131 Å². The summed E-state index contributed by atoms with van der Waals surface area (Å²) >= 11 is 14.2. The second-order valence-corrected chi connectivity index (χ2v) is 15.1. The third-order valence-corrected chi connectivity index (χ3v) is 12.3. The van der Waals surface area contributed by atoms with Crippen LogP contribution in [0.5, 0.6) is 11.5 Å². The Hall–Kier alpha value is -5.89. The fourth-order valence-corrected chi connectivity index (χ4v) is 9.49. The molecule has 1 saturated carbocycles. The highest BCUT2D eigenvalue weighted by molar-refractivity contribution is 6.58. The number of fused-ring (bicyclic) bond motifs is 4. The summed E-state index contributed by atoms with van der Waals surface area (Å²) in [4.78, 5) is 75.3. The number of benzene rings is 3. The molecule has 3 aromatic rings. The number of rotatable bonds is 7. The zero-order valence-electron chi connectivity index (χ0n) is 29.2. The quantitative estimate of drug-likeness (QED) is 0.0445. The van der Waals surface area contributed by atoms with E-state index in [0.717, 1.165) is 36.3 Å². The molecule has 0 spiro atoms. The highest BCUT2D eigenvalue weighted by atomic mass is 35.5. The van der Waals surface area contributed by atoms with Crippen LogP contribution in [-0.4, -0.2) is 69.5 Å². The van der Waals surface area contributed by atoms with E-state index in [-0.39, 0.29) is 34.0 Å². The Morgan fingerprint density at radius 3 is 1.93 bits per heavy atom. The minimum absolute atomic E-state index is 0.0369. The number of phenolic OH excluding ortho intramolecular Hbond substituents is 1. The average Bonchev–Trinajstić information content (AvgIpc) is 3.50. The van der Waals surface area contributed by atoms with Crippen molar-refractivity contribution in [3.63, 3.8) is 0 Å². The number of hydrogen-bond acceptors (Lipinski definition) is 11. The number of nitro benzene ring substituents is 2. The van der Waals surface area contributed by atoms with Gasteiger partial charge in [-0.05, 0) is 24.8 Å². The van der Waals surface area contributed by atoms with Gasteiger partial charge in [0.2, 0.25) is 17.6 Å². The Bertz CT molecular complexity index is 2390. The summed E-state index contributed by atoms with van der Waals surface area (Å²) in [5.41, 5.74) is -4.70. The lowest BCUT2D eigenvalue weighted by molar-refractivity contribution is -0.392. The van der Waals surface area contributed by atoms with Crippen LogP contribution in [0.4, 0.5) is 50.4 Å². The summed E-state index contributed by atoms with van der Waals surface area (Å²) in [5.74, 6) is -24.8. The van der Waals surface area contributed by atoms with Crippen LogP contribution in [0.1, 0.15) is 24.3 Å². The van der Waals surface area contributed by atoms with Crippen molar-refractivity contribution in [3.05, 3.63) is 96.9 Å². The number of methoxy groups -OCH3 is 1. The second kappa shape index (κ2) is 13.1. The first-order valence-corrected chi connectivity index (χ1v) is 17.3. The van der Waals surface area contributed by atoms with Crippen molar-refractivity contribution in [1.29, 1.82) is 0 Å². The molecule has 0 radical (unpaired) electrons. The summed E-state index contributed by atoms with van der Waals surface area (Å²) in [6.07, 6.45) is 0.211. The highest BCUT2D eigenvalue weighted by Gasteiger charge is 2.77. The summed E-state index contributed by atoms with van der Waals surface area (Å²) < 4.78 is 79.2. The molecular formula is C35H24Cl2F5N5O10. The van der Waals surface area contributed by atoms with Gasteiger partial charge in [-0.15, -0.1) is 23.2 Å². The van der Waals surface area contributed by atoms with E-state index in [2.05, 4.69) is 0 Å². The van der Waals surface area contributed by atoms with Gasteiger partial charge in [0.25, 0.3) is 11.8 Å². The number of amides is 4. The van der Waals surface area contributed by atoms with Crippen LogP contribution in [0.15, 0.2) is 42.0 Å². The summed E-state index contributed by atoms with van der Waals surface area (Å²) in [6.45, 7) is 0. The lowest BCUT2D eigenvalue weighted by atomic mass is 9.56. The summed E-state index contributed by atoms with van der Waals surface area (Å²) in [6, 6.07) is 4.95. The molecule has 7 rings (SSSR count). The van der Waals surface area contributed by atoms with E-state index in [4.69, 9.17) is 27.9 Å². The van der Waals surface area contributed by atoms with Crippen molar-refractivity contribution < 1.29 is 60.8 Å². The molecule has 4 amide bonds. The van der Waals surface area contributed by atoms with Gasteiger partial charge < -0.3 is 14.7 Å². The molecule has 4 aliphatic rings. The lowest BCUT2D eigenvalue weighted by Gasteiger charge is -2.50. The maximum Gasteiger partial charge on any atom is 0.301 e. The van der Waals surface area contributed by atoms with Crippen LogP contribution in [-0.2, 0) is 19.2 Å². The van der Waals surface area contributed by atoms with Gasteiger partial charge in [0, 0.05) is 43.8 Å². The molecule has 0 bridgehead atoms. The van der Waals surface area contributed by atoms with Crippen LogP contribution in [0.2, 0.25) is 0 Å². The molecule has 15 nitrogen and oxygen atoms in total. The van der Waals surface area contributed by atoms with Crippen LogP contribution < -0.4 is 19.4 Å². The zero-order chi connectivity index (χ0) is 42.0. The average molecular weight is 840 g/mol. The maximum atomic E-state index is 15.3. The number of allylic oxidation sites excluding steroid dienone is 2. The normalized spacial score (nSPS) is 26.6. The van der Waals surface area contributed by atoms with Gasteiger partial charge in [-0.25, -0.2) is 31.8 Å². The summed E-state index contributed by atoms with van der Waals surface area (Å²) in [5, 5.41) is 34.5. The Morgan fingerprint density at radius 2 is 1.40 bits per heavy atom. The Labute approximate surface area is 326 Å². The van der Waals surface area contributed by atoms with E-state index in [1.54, 1.807) is 0 Å². The number of hydrogen-bond donors (Lipinski definition) is 1. The number of imide groups is 2. The molecule has 2 aliphatic carbocycles. The highest BCUT2D eigenvalue weighted by Crippen LogP contribution is 2.67. The van der Waals surface area contributed by atoms with Crippen molar-refractivity contribution in [2.45, 2.75) is 28.5 Å². The lowest BCUT2D eigenvalue weighted by Crippen LogP contribution is -2.60. The number of carbonyl (C=O) groups excluding carboxylic acids is 4.